The van der Waals surface area contributed by atoms with Crippen LogP contribution >= 0.6 is 30.8 Å². The maximum Gasteiger partial charge on any atom is 0.363 e. The number of rotatable bonds is 6. The molecule has 0 aliphatic carbocycles. The van der Waals surface area contributed by atoms with Crippen LogP contribution in [0, 0.1) is 0 Å². The summed E-state index contributed by atoms with van der Waals surface area (Å²) in [5.41, 5.74) is 0.342. The molecule has 1 N–H and O–H groups in total. The molecule has 0 unspecified atom stereocenters. The Bertz CT molecular complexity index is 443. The molecule has 4 nitrogen and oxygen atoms in total. The minimum absolute atomic E-state index is 0.176. The van der Waals surface area contributed by atoms with Crippen molar-refractivity contribution in [2.45, 2.75) is 19.7 Å². The highest BCUT2D eigenvalue weighted by molar-refractivity contribution is 7.54. The largest absolute Gasteiger partial charge is 0.376 e. The molecule has 0 amide bonds. The van der Waals surface area contributed by atoms with Crippen LogP contribution in [0.1, 0.15) is 25.3 Å². The maximum atomic E-state index is 12.3. The first-order chi connectivity index (χ1) is 8.44. The predicted molar refractivity (Wildman–Crippen MR) is 72.3 cm³/mol. The van der Waals surface area contributed by atoms with Crippen LogP contribution in [0.3, 0.4) is 0 Å². The third-order valence-corrected chi connectivity index (χ3v) is 5.03. The van der Waals surface area contributed by atoms with E-state index >= 15 is 0 Å². The Hall–Kier alpha value is -0.0900. The molecule has 1 aromatic carbocycles. The Morgan fingerprint density at radius 3 is 2.22 bits per heavy atom. The Morgan fingerprint density at radius 1 is 1.22 bits per heavy atom. The van der Waals surface area contributed by atoms with E-state index in [2.05, 4.69) is 0 Å². The zero-order valence-electron chi connectivity index (χ0n) is 10.1. The molecule has 7 heteroatoms. The molecule has 0 fully saturated rings. The van der Waals surface area contributed by atoms with Crippen LogP contribution < -0.4 is 0 Å². The van der Waals surface area contributed by atoms with Crippen molar-refractivity contribution in [1.29, 1.82) is 0 Å². The maximum absolute atomic E-state index is 12.3. The van der Waals surface area contributed by atoms with Crippen LogP contribution in [-0.2, 0) is 13.6 Å². The number of hydrogen-bond donors (Lipinski definition) is 1. The minimum Gasteiger partial charge on any atom is -0.376 e. The van der Waals surface area contributed by atoms with Gasteiger partial charge in [0, 0.05) is 0 Å². The Kier molecular flexibility index (Phi) is 6.12. The van der Waals surface area contributed by atoms with Gasteiger partial charge in [-0.3, -0.25) is 4.57 Å². The third-order valence-electron chi connectivity index (χ3n) is 2.16. The highest BCUT2D eigenvalue weighted by Gasteiger charge is 2.35. The minimum atomic E-state index is -3.61. The molecule has 0 aliphatic heterocycles. The van der Waals surface area contributed by atoms with Gasteiger partial charge in [-0.15, -0.1) is 0 Å². The highest BCUT2D eigenvalue weighted by atomic mass is 35.5. The van der Waals surface area contributed by atoms with Crippen molar-refractivity contribution in [1.82, 2.24) is 0 Å². The monoisotopic (exact) mass is 312 g/mol. The first-order valence-corrected chi connectivity index (χ1v) is 7.83. The molecule has 0 saturated carbocycles. The van der Waals surface area contributed by atoms with Gasteiger partial charge in [0.1, 0.15) is 0 Å². The molecule has 1 aromatic rings. The van der Waals surface area contributed by atoms with Gasteiger partial charge >= 0.3 is 7.60 Å². The van der Waals surface area contributed by atoms with Crippen LogP contribution in [0.25, 0.3) is 0 Å². The Labute approximate surface area is 116 Å². The lowest BCUT2D eigenvalue weighted by atomic mass is 10.2. The van der Waals surface area contributed by atoms with Gasteiger partial charge < -0.3 is 14.2 Å². The number of aliphatic hydroxyl groups excluding tert-OH is 1. The molecule has 0 saturated heterocycles. The summed E-state index contributed by atoms with van der Waals surface area (Å²) < 4.78 is 22.5. The van der Waals surface area contributed by atoms with Gasteiger partial charge in [0.05, 0.1) is 23.3 Å². The highest BCUT2D eigenvalue weighted by Crippen LogP contribution is 2.59. The van der Waals surface area contributed by atoms with Gasteiger partial charge in [0.15, 0.2) is 5.85 Å². The molecule has 102 valence electrons. The van der Waals surface area contributed by atoms with Crippen molar-refractivity contribution >= 4 is 30.8 Å². The van der Waals surface area contributed by atoms with E-state index < -0.39 is 13.4 Å². The fraction of sp³-hybridized carbons (Fsp3) is 0.455. The summed E-state index contributed by atoms with van der Waals surface area (Å²) in [4.78, 5) is 0. The molecule has 1 atom stereocenters. The quantitative estimate of drug-likeness (QED) is 0.798. The lowest BCUT2D eigenvalue weighted by molar-refractivity contribution is 0.150. The van der Waals surface area contributed by atoms with Gasteiger partial charge in [-0.25, -0.2) is 0 Å². The van der Waals surface area contributed by atoms with E-state index in [1.54, 1.807) is 13.8 Å². The number of benzene rings is 1. The summed E-state index contributed by atoms with van der Waals surface area (Å²) in [5.74, 6) is -1.38. The first-order valence-electron chi connectivity index (χ1n) is 5.46. The van der Waals surface area contributed by atoms with E-state index in [4.69, 9.17) is 32.2 Å². The molecule has 0 aromatic heterocycles. The third kappa shape index (κ3) is 3.70. The number of aliphatic hydroxyl groups is 1. The standard InChI is InChI=1S/C11H15Cl2O4P/c1-3-16-18(15,17-4-2)11(14)8-5-6-9(12)10(13)7-8/h5-7,11,14H,3-4H2,1-2H3/t11-/m1/s1. The summed E-state index contributed by atoms with van der Waals surface area (Å²) in [6.07, 6.45) is 0. The molecule has 0 bridgehead atoms. The second-order valence-corrected chi connectivity index (χ2v) is 6.32. The number of halogens is 2. The Balaban J connectivity index is 3.05. The van der Waals surface area contributed by atoms with Crippen LogP contribution in [0.15, 0.2) is 18.2 Å². The molecule has 0 heterocycles. The van der Waals surface area contributed by atoms with Gasteiger partial charge in [-0.1, -0.05) is 29.3 Å². The van der Waals surface area contributed by atoms with E-state index in [1.807, 2.05) is 0 Å². The van der Waals surface area contributed by atoms with Gasteiger partial charge in [0.2, 0.25) is 0 Å². The van der Waals surface area contributed by atoms with Crippen molar-refractivity contribution in [2.75, 3.05) is 13.2 Å². The Morgan fingerprint density at radius 2 is 1.78 bits per heavy atom. The molecule has 0 spiro atoms. The molecular weight excluding hydrogens is 298 g/mol. The second kappa shape index (κ2) is 6.90. The van der Waals surface area contributed by atoms with Crippen LogP contribution in [0.5, 0.6) is 0 Å². The zero-order valence-corrected chi connectivity index (χ0v) is 12.5. The van der Waals surface area contributed by atoms with Gasteiger partial charge in [-0.05, 0) is 31.5 Å². The molecule has 0 radical (unpaired) electrons. The van der Waals surface area contributed by atoms with Crippen LogP contribution in [-0.4, -0.2) is 18.3 Å². The molecule has 0 aliphatic rings. The second-order valence-electron chi connectivity index (χ2n) is 3.42. The zero-order chi connectivity index (χ0) is 13.8. The normalized spacial score (nSPS) is 13.6. The topological polar surface area (TPSA) is 55.8 Å². The van der Waals surface area contributed by atoms with Crippen LogP contribution in [0.2, 0.25) is 10.0 Å². The average molecular weight is 313 g/mol. The molecule has 1 rings (SSSR count). The van der Waals surface area contributed by atoms with Crippen molar-refractivity contribution in [3.05, 3.63) is 33.8 Å². The van der Waals surface area contributed by atoms with Gasteiger partial charge in [0.25, 0.3) is 0 Å². The predicted octanol–water partition coefficient (Wildman–Crippen LogP) is 4.25. The average Bonchev–Trinajstić information content (AvgIpc) is 2.32. The van der Waals surface area contributed by atoms with Crippen LogP contribution in [0.4, 0.5) is 0 Å². The van der Waals surface area contributed by atoms with Gasteiger partial charge in [-0.2, -0.15) is 0 Å². The summed E-state index contributed by atoms with van der Waals surface area (Å²) in [5, 5.41) is 10.7. The van der Waals surface area contributed by atoms with E-state index in [9.17, 15) is 9.67 Å². The van der Waals surface area contributed by atoms with Crippen molar-refractivity contribution in [2.24, 2.45) is 0 Å². The van der Waals surface area contributed by atoms with Crippen molar-refractivity contribution < 1.29 is 18.7 Å². The fourth-order valence-corrected chi connectivity index (χ4v) is 3.30. The fourth-order valence-electron chi connectivity index (χ4n) is 1.39. The van der Waals surface area contributed by atoms with E-state index in [0.717, 1.165) is 0 Å². The summed E-state index contributed by atoms with van der Waals surface area (Å²) in [6, 6.07) is 4.49. The smallest absolute Gasteiger partial charge is 0.363 e. The number of hydrogen-bond acceptors (Lipinski definition) is 4. The van der Waals surface area contributed by atoms with E-state index in [1.165, 1.54) is 18.2 Å². The summed E-state index contributed by atoms with van der Waals surface area (Å²) in [7, 11) is -3.61. The first kappa shape index (κ1) is 16.0. The summed E-state index contributed by atoms with van der Waals surface area (Å²) >= 11 is 11.6. The lowest BCUT2D eigenvalue weighted by Gasteiger charge is -2.22. The van der Waals surface area contributed by atoms with Crippen molar-refractivity contribution in [3.63, 3.8) is 0 Å². The lowest BCUT2D eigenvalue weighted by Crippen LogP contribution is -2.06. The van der Waals surface area contributed by atoms with E-state index in [0.29, 0.717) is 10.6 Å². The SMILES string of the molecule is CCOP(=O)(OCC)[C@@H](O)c1ccc(Cl)c(Cl)c1. The molecular formula is C11H15Cl2O4P. The summed E-state index contributed by atoms with van der Waals surface area (Å²) in [6.45, 7) is 3.70. The van der Waals surface area contributed by atoms with Crippen molar-refractivity contribution in [3.8, 4) is 0 Å². The van der Waals surface area contributed by atoms with E-state index in [-0.39, 0.29) is 18.2 Å². The molecule has 18 heavy (non-hydrogen) atoms.